The summed E-state index contributed by atoms with van der Waals surface area (Å²) in [6.45, 7) is 3.61. The lowest BCUT2D eigenvalue weighted by atomic mass is 10.1. The van der Waals surface area contributed by atoms with Gasteiger partial charge in [-0.1, -0.05) is 0 Å². The molecule has 1 amide bonds. The molecule has 1 aliphatic rings. The molecule has 0 aliphatic carbocycles. The molecule has 0 radical (unpaired) electrons. The maximum absolute atomic E-state index is 14.4. The molecule has 9 heteroatoms. The number of hydrogen-bond donors (Lipinski definition) is 1. The number of aromatic nitrogens is 4. The van der Waals surface area contributed by atoms with Crippen LogP contribution in [0, 0.1) is 12.7 Å². The number of hydrogen-bond acceptors (Lipinski definition) is 6. The first-order valence-corrected chi connectivity index (χ1v) is 10.5. The predicted molar refractivity (Wildman–Crippen MR) is 122 cm³/mol. The van der Waals surface area contributed by atoms with Crippen LogP contribution in [0.2, 0.25) is 0 Å². The van der Waals surface area contributed by atoms with Gasteiger partial charge in [-0.15, -0.1) is 0 Å². The van der Waals surface area contributed by atoms with Crippen molar-refractivity contribution in [3.8, 4) is 0 Å². The van der Waals surface area contributed by atoms with E-state index >= 15 is 0 Å². The van der Waals surface area contributed by atoms with Crippen LogP contribution in [0.15, 0.2) is 43.0 Å². The van der Waals surface area contributed by atoms with Gasteiger partial charge in [-0.3, -0.25) is 14.8 Å². The molecule has 0 saturated carbocycles. The number of fused-ring (bicyclic) bond motifs is 2. The number of aryl methyl sites for hydroxylation is 1. The van der Waals surface area contributed by atoms with Crippen molar-refractivity contribution in [1.82, 2.24) is 24.3 Å². The van der Waals surface area contributed by atoms with E-state index in [1.165, 1.54) is 6.07 Å². The summed E-state index contributed by atoms with van der Waals surface area (Å²) in [7, 11) is 4.18. The molecule has 1 saturated heterocycles. The second kappa shape index (κ2) is 7.83. The Kier molecular flexibility index (Phi) is 4.97. The summed E-state index contributed by atoms with van der Waals surface area (Å²) >= 11 is 0. The van der Waals surface area contributed by atoms with E-state index in [4.69, 9.17) is 0 Å². The molecule has 0 unspecified atom stereocenters. The van der Waals surface area contributed by atoms with Crippen LogP contribution in [-0.2, 0) is 0 Å². The zero-order chi connectivity index (χ0) is 22.4. The van der Waals surface area contributed by atoms with E-state index in [9.17, 15) is 9.18 Å². The van der Waals surface area contributed by atoms with E-state index in [0.717, 1.165) is 25.2 Å². The third-order valence-electron chi connectivity index (χ3n) is 5.97. The molecule has 32 heavy (non-hydrogen) atoms. The number of amides is 1. The fourth-order valence-electron chi connectivity index (χ4n) is 4.31. The molecule has 1 aliphatic heterocycles. The highest BCUT2D eigenvalue weighted by atomic mass is 19.1. The minimum atomic E-state index is -0.500. The van der Waals surface area contributed by atoms with Gasteiger partial charge < -0.3 is 19.5 Å². The summed E-state index contributed by atoms with van der Waals surface area (Å²) in [6, 6.07) is 5.43. The molecular formula is C23H24FN7O. The first-order valence-electron chi connectivity index (χ1n) is 10.5. The van der Waals surface area contributed by atoms with Gasteiger partial charge in [0.25, 0.3) is 5.91 Å². The van der Waals surface area contributed by atoms with E-state index in [1.807, 2.05) is 6.07 Å². The van der Waals surface area contributed by atoms with Crippen molar-refractivity contribution in [2.24, 2.45) is 0 Å². The van der Waals surface area contributed by atoms with Crippen LogP contribution >= 0.6 is 0 Å². The van der Waals surface area contributed by atoms with E-state index in [2.05, 4.69) is 44.2 Å². The molecule has 1 aromatic carbocycles. The highest BCUT2D eigenvalue weighted by molar-refractivity contribution is 6.13. The zero-order valence-corrected chi connectivity index (χ0v) is 18.2. The Labute approximate surface area is 184 Å². The number of nitrogens with one attached hydrogen (secondary N) is 1. The van der Waals surface area contributed by atoms with Crippen molar-refractivity contribution in [2.75, 3.05) is 37.4 Å². The average molecular weight is 433 g/mol. The Bertz CT molecular complexity index is 1330. The first kappa shape index (κ1) is 20.3. The molecule has 1 atom stereocenters. The maximum atomic E-state index is 14.4. The topological polar surface area (TPSA) is 78.7 Å². The summed E-state index contributed by atoms with van der Waals surface area (Å²) in [5, 5.41) is 2.79. The first-order chi connectivity index (χ1) is 15.4. The molecule has 1 N–H and O–H groups in total. The standard InChI is InChI=1S/C23H24FN7O/c1-14-11-31-12-15(10-18(24)22(31)27-14)28-23(32)17-4-5-19(21-20(17)25-7-8-26-21)30-9-6-16(13-30)29(2)3/h4-5,7-8,10-12,16H,6,9,13H2,1-3H3,(H,28,32)/t16-/m1/s1. The Morgan fingerprint density at radius 3 is 2.72 bits per heavy atom. The van der Waals surface area contributed by atoms with E-state index in [0.29, 0.717) is 34.0 Å². The van der Waals surface area contributed by atoms with Crippen LogP contribution in [0.3, 0.4) is 0 Å². The van der Waals surface area contributed by atoms with Crippen LogP contribution in [0.1, 0.15) is 22.5 Å². The second-order valence-electron chi connectivity index (χ2n) is 8.38. The van der Waals surface area contributed by atoms with Crippen molar-refractivity contribution < 1.29 is 9.18 Å². The summed E-state index contributed by atoms with van der Waals surface area (Å²) in [6.07, 6.45) is 7.64. The molecule has 5 rings (SSSR count). The Balaban J connectivity index is 1.48. The number of carbonyl (C=O) groups is 1. The molecule has 4 heterocycles. The smallest absolute Gasteiger partial charge is 0.257 e. The van der Waals surface area contributed by atoms with Gasteiger partial charge in [0.1, 0.15) is 11.0 Å². The van der Waals surface area contributed by atoms with Gasteiger partial charge in [-0.25, -0.2) is 9.37 Å². The zero-order valence-electron chi connectivity index (χ0n) is 18.2. The lowest BCUT2D eigenvalue weighted by Gasteiger charge is -2.23. The molecule has 164 valence electrons. The molecule has 3 aromatic heterocycles. The second-order valence-corrected chi connectivity index (χ2v) is 8.38. The number of pyridine rings is 1. The number of nitrogens with zero attached hydrogens (tertiary/aromatic N) is 6. The summed E-state index contributed by atoms with van der Waals surface area (Å²) < 4.78 is 16.0. The molecule has 1 fully saturated rings. The monoisotopic (exact) mass is 433 g/mol. The van der Waals surface area contributed by atoms with Gasteiger partial charge in [0.2, 0.25) is 0 Å². The van der Waals surface area contributed by atoms with Crippen molar-refractivity contribution >= 4 is 34.0 Å². The maximum Gasteiger partial charge on any atom is 0.257 e. The normalized spacial score (nSPS) is 16.4. The SMILES string of the molecule is Cc1cn2cc(NC(=O)c3ccc(N4CC[C@@H](N(C)C)C4)c4nccnc34)cc(F)c2n1. The number of benzene rings is 1. The number of halogens is 1. The molecule has 4 aromatic rings. The highest BCUT2D eigenvalue weighted by Gasteiger charge is 2.26. The minimum Gasteiger partial charge on any atom is -0.368 e. The number of rotatable bonds is 4. The summed E-state index contributed by atoms with van der Waals surface area (Å²) in [5.74, 6) is -0.870. The Morgan fingerprint density at radius 2 is 1.97 bits per heavy atom. The third-order valence-corrected chi connectivity index (χ3v) is 5.97. The van der Waals surface area contributed by atoms with Gasteiger partial charge in [0.05, 0.1) is 22.6 Å². The summed E-state index contributed by atoms with van der Waals surface area (Å²) in [5.41, 5.74) is 3.83. The van der Waals surface area contributed by atoms with E-state index < -0.39 is 5.82 Å². The van der Waals surface area contributed by atoms with Gasteiger partial charge in [0.15, 0.2) is 11.5 Å². The van der Waals surface area contributed by atoms with Crippen LogP contribution in [0.4, 0.5) is 15.8 Å². The number of anilines is 2. The van der Waals surface area contributed by atoms with Crippen molar-refractivity contribution in [1.29, 1.82) is 0 Å². The van der Waals surface area contributed by atoms with Crippen molar-refractivity contribution in [2.45, 2.75) is 19.4 Å². The van der Waals surface area contributed by atoms with Crippen LogP contribution in [-0.4, -0.2) is 63.4 Å². The molecule has 0 spiro atoms. The largest absolute Gasteiger partial charge is 0.368 e. The van der Waals surface area contributed by atoms with Gasteiger partial charge in [0, 0.05) is 50.0 Å². The molecular weight excluding hydrogens is 409 g/mol. The number of imidazole rings is 1. The van der Waals surface area contributed by atoms with E-state index in [-0.39, 0.29) is 11.6 Å². The quantitative estimate of drug-likeness (QED) is 0.533. The van der Waals surface area contributed by atoms with Gasteiger partial charge >= 0.3 is 0 Å². The fourth-order valence-corrected chi connectivity index (χ4v) is 4.31. The molecule has 8 nitrogen and oxygen atoms in total. The lowest BCUT2D eigenvalue weighted by molar-refractivity contribution is 0.102. The molecule has 0 bridgehead atoms. The van der Waals surface area contributed by atoms with Crippen molar-refractivity contribution in [3.05, 3.63) is 60.1 Å². The average Bonchev–Trinajstić information content (AvgIpc) is 3.40. The fraction of sp³-hybridized carbons (Fsp3) is 0.304. The van der Waals surface area contributed by atoms with Gasteiger partial charge in [-0.05, 0) is 39.6 Å². The number of carbonyl (C=O) groups excluding carboxylic acids is 1. The lowest BCUT2D eigenvalue weighted by Crippen LogP contribution is -2.31. The third kappa shape index (κ3) is 3.54. The van der Waals surface area contributed by atoms with Crippen LogP contribution < -0.4 is 10.2 Å². The number of likely N-dealkylation sites (N-methyl/N-ethyl adjacent to an activating group) is 1. The van der Waals surface area contributed by atoms with Crippen LogP contribution in [0.5, 0.6) is 0 Å². The van der Waals surface area contributed by atoms with Gasteiger partial charge in [-0.2, -0.15) is 0 Å². The highest BCUT2D eigenvalue weighted by Crippen LogP contribution is 2.30. The Morgan fingerprint density at radius 1 is 1.19 bits per heavy atom. The van der Waals surface area contributed by atoms with Crippen LogP contribution in [0.25, 0.3) is 16.7 Å². The predicted octanol–water partition coefficient (Wildman–Crippen LogP) is 3.12. The van der Waals surface area contributed by atoms with Crippen molar-refractivity contribution in [3.63, 3.8) is 0 Å². The Hall–Kier alpha value is -3.59. The minimum absolute atomic E-state index is 0.225. The van der Waals surface area contributed by atoms with E-state index in [1.54, 1.807) is 42.2 Å². The summed E-state index contributed by atoms with van der Waals surface area (Å²) in [4.78, 5) is 30.8.